The van der Waals surface area contributed by atoms with Gasteiger partial charge in [-0.15, -0.1) is 11.8 Å². The number of thioether (sulfide) groups is 1. The minimum atomic E-state index is -0.498. The van der Waals surface area contributed by atoms with E-state index in [1.165, 1.54) is 23.9 Å². The lowest BCUT2D eigenvalue weighted by atomic mass is 10.1. The molecule has 8 nitrogen and oxygen atoms in total. The molecule has 0 aliphatic rings. The summed E-state index contributed by atoms with van der Waals surface area (Å²) < 4.78 is 10.6. The van der Waals surface area contributed by atoms with Crippen molar-refractivity contribution in [3.63, 3.8) is 0 Å². The molecule has 0 saturated heterocycles. The van der Waals surface area contributed by atoms with Crippen LogP contribution in [0.2, 0.25) is 0 Å². The molecule has 0 aliphatic heterocycles. The van der Waals surface area contributed by atoms with Crippen molar-refractivity contribution in [1.29, 1.82) is 0 Å². The molecular formula is C33H26N2O6S. The summed E-state index contributed by atoms with van der Waals surface area (Å²) in [4.78, 5) is 39.4. The van der Waals surface area contributed by atoms with Crippen LogP contribution in [-0.2, 0) is 10.5 Å². The number of phenolic OH excluding ortho intramolecular Hbond substituents is 1. The third kappa shape index (κ3) is 7.07. The largest absolute Gasteiger partial charge is 0.508 e. The molecule has 5 aromatic rings. The lowest BCUT2D eigenvalue weighted by molar-refractivity contribution is -0.113. The summed E-state index contributed by atoms with van der Waals surface area (Å²) in [6.07, 6.45) is 1.58. The Morgan fingerprint density at radius 2 is 1.71 bits per heavy atom. The maximum atomic E-state index is 13.3. The summed E-state index contributed by atoms with van der Waals surface area (Å²) in [5.74, 6) is 0.112. The Bertz CT molecular complexity index is 1830. The average molecular weight is 579 g/mol. The predicted octanol–water partition coefficient (Wildman–Crippen LogP) is 6.21. The Morgan fingerprint density at radius 3 is 2.48 bits per heavy atom. The van der Waals surface area contributed by atoms with Crippen LogP contribution in [-0.4, -0.2) is 24.0 Å². The Kier molecular flexibility index (Phi) is 8.70. The smallest absolute Gasteiger partial charge is 0.340 e. The van der Waals surface area contributed by atoms with Crippen LogP contribution >= 0.6 is 11.8 Å². The highest BCUT2D eigenvalue weighted by Gasteiger charge is 2.15. The number of hydrogen-bond acceptors (Lipinski definition) is 7. The molecule has 1 aromatic heterocycles. The van der Waals surface area contributed by atoms with Crippen LogP contribution in [0.4, 0.5) is 5.69 Å². The molecule has 0 fully saturated rings. The lowest BCUT2D eigenvalue weighted by Crippen LogP contribution is -2.30. The van der Waals surface area contributed by atoms with E-state index in [0.29, 0.717) is 39.5 Å². The molecule has 1 heterocycles. The lowest BCUT2D eigenvalue weighted by Gasteiger charge is -2.12. The number of anilines is 1. The fourth-order valence-corrected chi connectivity index (χ4v) is 4.93. The van der Waals surface area contributed by atoms with E-state index in [0.717, 1.165) is 10.3 Å². The molecular weight excluding hydrogens is 552 g/mol. The first-order chi connectivity index (χ1) is 20.4. The van der Waals surface area contributed by atoms with Gasteiger partial charge in [-0.25, -0.2) is 4.79 Å². The van der Waals surface area contributed by atoms with Crippen LogP contribution < -0.4 is 21.0 Å². The van der Waals surface area contributed by atoms with Gasteiger partial charge in [0.05, 0.1) is 7.11 Å². The maximum absolute atomic E-state index is 13.3. The van der Waals surface area contributed by atoms with E-state index >= 15 is 0 Å². The Hall–Kier alpha value is -5.28. The first-order valence-electron chi connectivity index (χ1n) is 12.9. The molecule has 0 spiro atoms. The van der Waals surface area contributed by atoms with Crippen molar-refractivity contribution in [1.82, 2.24) is 5.32 Å². The summed E-state index contributed by atoms with van der Waals surface area (Å²) in [6, 6.07) is 29.3. The van der Waals surface area contributed by atoms with Crippen LogP contribution in [0, 0.1) is 0 Å². The molecule has 3 N–H and O–H groups in total. The number of hydrogen-bond donors (Lipinski definition) is 3. The van der Waals surface area contributed by atoms with Crippen molar-refractivity contribution in [2.24, 2.45) is 0 Å². The fraction of sp³-hybridized carbons (Fsp3) is 0.0606. The molecule has 0 saturated carbocycles. The quantitative estimate of drug-likeness (QED) is 0.108. The molecule has 5 rings (SSSR count). The van der Waals surface area contributed by atoms with Gasteiger partial charge < -0.3 is 24.9 Å². The number of amides is 2. The van der Waals surface area contributed by atoms with Crippen LogP contribution in [0.1, 0.15) is 21.5 Å². The number of fused-ring (bicyclic) bond motifs is 1. The number of methoxy groups -OCH3 is 1. The third-order valence-electron chi connectivity index (χ3n) is 6.23. The molecule has 0 unspecified atom stereocenters. The number of phenols is 1. The third-order valence-corrected chi connectivity index (χ3v) is 7.29. The van der Waals surface area contributed by atoms with Crippen LogP contribution in [0.3, 0.4) is 0 Å². The van der Waals surface area contributed by atoms with E-state index in [9.17, 15) is 19.5 Å². The highest BCUT2D eigenvalue weighted by atomic mass is 32.2. The van der Waals surface area contributed by atoms with Gasteiger partial charge in [-0.2, -0.15) is 0 Å². The molecule has 0 bridgehead atoms. The van der Waals surface area contributed by atoms with E-state index in [4.69, 9.17) is 9.15 Å². The van der Waals surface area contributed by atoms with Crippen molar-refractivity contribution in [3.8, 4) is 11.5 Å². The fourth-order valence-electron chi connectivity index (χ4n) is 4.08. The highest BCUT2D eigenvalue weighted by Crippen LogP contribution is 2.26. The zero-order chi connectivity index (χ0) is 29.5. The minimum absolute atomic E-state index is 0.0291. The second-order valence-corrected chi connectivity index (χ2v) is 10.3. The van der Waals surface area contributed by atoms with Gasteiger partial charge in [0.25, 0.3) is 11.8 Å². The van der Waals surface area contributed by atoms with E-state index in [1.54, 1.807) is 86.0 Å². The summed E-state index contributed by atoms with van der Waals surface area (Å²) in [7, 11) is 1.55. The van der Waals surface area contributed by atoms with Crippen molar-refractivity contribution in [2.45, 2.75) is 10.6 Å². The summed E-state index contributed by atoms with van der Waals surface area (Å²) in [6.45, 7) is 0. The van der Waals surface area contributed by atoms with Gasteiger partial charge in [-0.3, -0.25) is 9.59 Å². The predicted molar refractivity (Wildman–Crippen MR) is 164 cm³/mol. The first kappa shape index (κ1) is 28.3. The number of aromatic hydroxyl groups is 1. The molecule has 4 aromatic carbocycles. The van der Waals surface area contributed by atoms with Crippen LogP contribution in [0.5, 0.6) is 11.5 Å². The number of carbonyl (C=O) groups is 2. The van der Waals surface area contributed by atoms with E-state index in [1.807, 2.05) is 18.2 Å². The Labute approximate surface area is 245 Å². The number of ether oxygens (including phenoxy) is 1. The van der Waals surface area contributed by atoms with Crippen LogP contribution in [0.15, 0.2) is 123 Å². The average Bonchev–Trinajstić information content (AvgIpc) is 3.01. The Balaban J connectivity index is 1.29. The summed E-state index contributed by atoms with van der Waals surface area (Å²) in [5, 5.41) is 15.9. The zero-order valence-electron chi connectivity index (χ0n) is 22.5. The summed E-state index contributed by atoms with van der Waals surface area (Å²) >= 11 is 1.44. The zero-order valence-corrected chi connectivity index (χ0v) is 23.3. The van der Waals surface area contributed by atoms with Gasteiger partial charge in [0.15, 0.2) is 0 Å². The number of benzene rings is 4. The van der Waals surface area contributed by atoms with Gasteiger partial charge in [0.1, 0.15) is 22.8 Å². The van der Waals surface area contributed by atoms with Crippen molar-refractivity contribution in [2.75, 3.05) is 12.4 Å². The number of carbonyl (C=O) groups excluding carboxylic acids is 2. The van der Waals surface area contributed by atoms with E-state index in [2.05, 4.69) is 10.6 Å². The molecule has 0 radical (unpaired) electrons. The van der Waals surface area contributed by atoms with Gasteiger partial charge in [0, 0.05) is 38.9 Å². The van der Waals surface area contributed by atoms with Gasteiger partial charge >= 0.3 is 5.63 Å². The van der Waals surface area contributed by atoms with Crippen molar-refractivity contribution < 1.29 is 23.8 Å². The van der Waals surface area contributed by atoms with Gasteiger partial charge in [-0.1, -0.05) is 30.3 Å². The molecule has 2 amide bonds. The molecule has 210 valence electrons. The second kappa shape index (κ2) is 12.9. The van der Waals surface area contributed by atoms with Gasteiger partial charge in [0.2, 0.25) is 0 Å². The van der Waals surface area contributed by atoms with Gasteiger partial charge in [-0.05, 0) is 78.4 Å². The summed E-state index contributed by atoms with van der Waals surface area (Å²) in [5.41, 5.74) is 2.05. The van der Waals surface area contributed by atoms with Crippen molar-refractivity contribution >= 4 is 46.3 Å². The Morgan fingerprint density at radius 1 is 0.929 bits per heavy atom. The molecule has 42 heavy (non-hydrogen) atoms. The van der Waals surface area contributed by atoms with E-state index in [-0.39, 0.29) is 11.4 Å². The molecule has 9 heteroatoms. The molecule has 0 aliphatic carbocycles. The SMILES string of the molecule is COc1cccc(/C=C(\NC(=O)c2ccccc2)C(=O)Nc2ccc(SCc3cc4ccc(O)cc4oc3=O)cc2)c1. The monoisotopic (exact) mass is 578 g/mol. The first-order valence-corrected chi connectivity index (χ1v) is 13.9. The maximum Gasteiger partial charge on any atom is 0.340 e. The highest BCUT2D eigenvalue weighted by molar-refractivity contribution is 7.98. The second-order valence-electron chi connectivity index (χ2n) is 9.20. The minimum Gasteiger partial charge on any atom is -0.508 e. The standard InChI is InChI=1S/C33H26N2O6S/c1-40-27-9-5-6-21(16-27)17-29(35-31(37)22-7-3-2-4-8-22)32(38)34-25-11-14-28(15-12-25)42-20-24-18-23-10-13-26(36)19-30(23)41-33(24)39/h2-19,36H,20H2,1H3,(H,34,38)(H,35,37)/b29-17-. The number of rotatable bonds is 9. The normalized spacial score (nSPS) is 11.2. The van der Waals surface area contributed by atoms with Crippen molar-refractivity contribution in [3.05, 3.63) is 136 Å². The van der Waals surface area contributed by atoms with E-state index < -0.39 is 17.4 Å². The topological polar surface area (TPSA) is 118 Å². The number of nitrogens with one attached hydrogen (secondary N) is 2. The van der Waals surface area contributed by atoms with Crippen LogP contribution in [0.25, 0.3) is 17.0 Å². The molecule has 0 atom stereocenters.